The highest BCUT2D eigenvalue weighted by Gasteiger charge is 2.36. The van der Waals surface area contributed by atoms with Gasteiger partial charge in [0, 0.05) is 0 Å². The summed E-state index contributed by atoms with van der Waals surface area (Å²) in [7, 11) is 0. The molecule has 0 aromatic rings. The first-order chi connectivity index (χ1) is 5.24. The van der Waals surface area contributed by atoms with Gasteiger partial charge in [0.15, 0.2) is 0 Å². The van der Waals surface area contributed by atoms with Crippen LogP contribution in [0.15, 0.2) is 0 Å². The van der Waals surface area contributed by atoms with E-state index in [2.05, 4.69) is 0 Å². The minimum absolute atomic E-state index is 0.0486. The van der Waals surface area contributed by atoms with E-state index in [1.165, 1.54) is 0 Å². The van der Waals surface area contributed by atoms with Crippen LogP contribution in [0.3, 0.4) is 0 Å². The quantitative estimate of drug-likeness (QED) is 0.368. The average Bonchev–Trinajstić information content (AvgIpc) is 1.79. The number of nitro groups is 2. The summed E-state index contributed by atoms with van der Waals surface area (Å²) in [6.45, 7) is 5.19. The molecule has 0 aromatic heterocycles. The molecule has 6 heteroatoms. The fourth-order valence-corrected chi connectivity index (χ4v) is 0.774. The van der Waals surface area contributed by atoms with Crippen LogP contribution in [0.2, 0.25) is 0 Å². The lowest BCUT2D eigenvalue weighted by atomic mass is 9.91. The van der Waals surface area contributed by atoms with Crippen molar-refractivity contribution in [1.29, 1.82) is 0 Å². The SMILES string of the molecule is CC(C)(C)CC([N+](=O)[O-])[N+](=O)[O-]. The molecule has 0 spiro atoms. The largest absolute Gasteiger partial charge is 0.451 e. The van der Waals surface area contributed by atoms with E-state index in [1.807, 2.05) is 0 Å². The van der Waals surface area contributed by atoms with Gasteiger partial charge < -0.3 is 0 Å². The van der Waals surface area contributed by atoms with Crippen molar-refractivity contribution in [2.45, 2.75) is 33.4 Å². The predicted molar refractivity (Wildman–Crippen MR) is 41.8 cm³/mol. The highest BCUT2D eigenvalue weighted by molar-refractivity contribution is 4.62. The summed E-state index contributed by atoms with van der Waals surface area (Å²) in [6, 6.07) is 0. The fraction of sp³-hybridized carbons (Fsp3) is 1.00. The highest BCUT2D eigenvalue weighted by Crippen LogP contribution is 2.22. The lowest BCUT2D eigenvalue weighted by Gasteiger charge is -2.15. The standard InChI is InChI=1S/C6H12N2O4/c1-6(2,3)4-5(7(9)10)8(11)12/h5H,4H2,1-3H3. The minimum Gasteiger partial charge on any atom is -0.259 e. The van der Waals surface area contributed by atoms with E-state index >= 15 is 0 Å². The number of hydrogen-bond donors (Lipinski definition) is 0. The Labute approximate surface area is 69.9 Å². The summed E-state index contributed by atoms with van der Waals surface area (Å²) in [5, 5.41) is 20.4. The molecular weight excluding hydrogens is 164 g/mol. The lowest BCUT2D eigenvalue weighted by molar-refractivity contribution is -0.744. The van der Waals surface area contributed by atoms with Crippen LogP contribution in [0.25, 0.3) is 0 Å². The molecule has 0 radical (unpaired) electrons. The van der Waals surface area contributed by atoms with Crippen molar-refractivity contribution in [2.75, 3.05) is 0 Å². The average molecular weight is 176 g/mol. The Bertz CT molecular complexity index is 182. The number of rotatable bonds is 3. The topological polar surface area (TPSA) is 86.3 Å². The van der Waals surface area contributed by atoms with Gasteiger partial charge in [0.1, 0.15) is 0 Å². The number of nitrogens with zero attached hydrogens (tertiary/aromatic N) is 2. The second-order valence-corrected chi connectivity index (χ2v) is 3.82. The molecule has 0 aliphatic heterocycles. The molecule has 0 atom stereocenters. The summed E-state index contributed by atoms with van der Waals surface area (Å²) >= 11 is 0. The molecule has 70 valence electrons. The molecule has 0 saturated carbocycles. The van der Waals surface area contributed by atoms with Gasteiger partial charge in [0.2, 0.25) is 0 Å². The summed E-state index contributed by atoms with van der Waals surface area (Å²) < 4.78 is 0. The Balaban J connectivity index is 4.35. The van der Waals surface area contributed by atoms with Gasteiger partial charge in [-0.15, -0.1) is 0 Å². The molecule has 0 aromatic carbocycles. The van der Waals surface area contributed by atoms with Crippen molar-refractivity contribution in [3.05, 3.63) is 20.2 Å². The second-order valence-electron chi connectivity index (χ2n) is 3.82. The lowest BCUT2D eigenvalue weighted by Crippen LogP contribution is -2.32. The zero-order valence-corrected chi connectivity index (χ0v) is 7.31. The Morgan fingerprint density at radius 2 is 1.50 bits per heavy atom. The van der Waals surface area contributed by atoms with Crippen LogP contribution < -0.4 is 0 Å². The molecule has 0 amide bonds. The van der Waals surface area contributed by atoms with E-state index in [1.54, 1.807) is 20.8 Å². The van der Waals surface area contributed by atoms with E-state index in [4.69, 9.17) is 0 Å². The van der Waals surface area contributed by atoms with Gasteiger partial charge in [-0.05, 0) is 5.41 Å². The van der Waals surface area contributed by atoms with Gasteiger partial charge in [-0.3, -0.25) is 20.2 Å². The Hall–Kier alpha value is -1.20. The van der Waals surface area contributed by atoms with Crippen LogP contribution in [0.5, 0.6) is 0 Å². The summed E-state index contributed by atoms with van der Waals surface area (Å²) in [6.07, 6.45) is -1.72. The fourth-order valence-electron chi connectivity index (χ4n) is 0.774. The third kappa shape index (κ3) is 3.85. The summed E-state index contributed by atoms with van der Waals surface area (Å²) in [4.78, 5) is 18.7. The van der Waals surface area contributed by atoms with Gasteiger partial charge in [0.05, 0.1) is 16.3 Å². The van der Waals surface area contributed by atoms with Gasteiger partial charge in [-0.2, -0.15) is 0 Å². The van der Waals surface area contributed by atoms with Crippen LogP contribution >= 0.6 is 0 Å². The van der Waals surface area contributed by atoms with Gasteiger partial charge in [0.25, 0.3) is 0 Å². The van der Waals surface area contributed by atoms with Gasteiger partial charge >= 0.3 is 6.17 Å². The van der Waals surface area contributed by atoms with Crippen LogP contribution in [0.4, 0.5) is 0 Å². The molecule has 0 N–H and O–H groups in total. The van der Waals surface area contributed by atoms with Crippen molar-refractivity contribution < 1.29 is 9.85 Å². The Morgan fingerprint density at radius 3 is 1.58 bits per heavy atom. The van der Waals surface area contributed by atoms with E-state index < -0.39 is 21.4 Å². The van der Waals surface area contributed by atoms with Gasteiger partial charge in [-0.1, -0.05) is 20.8 Å². The number of hydrogen-bond acceptors (Lipinski definition) is 4. The maximum Gasteiger partial charge on any atom is 0.451 e. The molecule has 0 saturated heterocycles. The summed E-state index contributed by atoms with van der Waals surface area (Å²) in [5.74, 6) is 0. The Kier molecular flexibility index (Phi) is 3.12. The first kappa shape index (κ1) is 10.8. The van der Waals surface area contributed by atoms with Crippen molar-refractivity contribution in [2.24, 2.45) is 5.41 Å². The van der Waals surface area contributed by atoms with E-state index in [0.717, 1.165) is 0 Å². The maximum atomic E-state index is 10.2. The molecule has 0 bridgehead atoms. The second kappa shape index (κ2) is 3.46. The zero-order chi connectivity index (χ0) is 9.94. The molecule has 0 fully saturated rings. The van der Waals surface area contributed by atoms with Crippen molar-refractivity contribution >= 4 is 0 Å². The molecule has 0 heterocycles. The van der Waals surface area contributed by atoms with Crippen LogP contribution in [0.1, 0.15) is 27.2 Å². The predicted octanol–water partition coefficient (Wildman–Crippen LogP) is 1.30. The molecular formula is C6H12N2O4. The molecule has 12 heavy (non-hydrogen) atoms. The van der Waals surface area contributed by atoms with E-state index in [0.29, 0.717) is 0 Å². The van der Waals surface area contributed by atoms with Crippen LogP contribution in [-0.2, 0) is 0 Å². The smallest absolute Gasteiger partial charge is 0.259 e. The van der Waals surface area contributed by atoms with E-state index in [-0.39, 0.29) is 6.42 Å². The molecule has 0 aliphatic carbocycles. The molecule has 0 unspecified atom stereocenters. The van der Waals surface area contributed by atoms with Crippen molar-refractivity contribution in [3.8, 4) is 0 Å². The monoisotopic (exact) mass is 176 g/mol. The highest BCUT2D eigenvalue weighted by atomic mass is 16.7. The molecule has 0 aliphatic rings. The zero-order valence-electron chi connectivity index (χ0n) is 7.31. The maximum absolute atomic E-state index is 10.2. The van der Waals surface area contributed by atoms with E-state index in [9.17, 15) is 20.2 Å². The summed E-state index contributed by atoms with van der Waals surface area (Å²) in [5.41, 5.74) is -0.398. The minimum atomic E-state index is -1.68. The normalized spacial score (nSPS) is 11.7. The first-order valence-electron chi connectivity index (χ1n) is 3.51. The van der Waals surface area contributed by atoms with Gasteiger partial charge in [-0.25, -0.2) is 0 Å². The van der Waals surface area contributed by atoms with Crippen molar-refractivity contribution in [1.82, 2.24) is 0 Å². The molecule has 0 rings (SSSR count). The first-order valence-corrected chi connectivity index (χ1v) is 3.51. The molecule has 6 nitrogen and oxygen atoms in total. The third-order valence-corrected chi connectivity index (χ3v) is 1.28. The third-order valence-electron chi connectivity index (χ3n) is 1.28. The van der Waals surface area contributed by atoms with Crippen LogP contribution in [-0.4, -0.2) is 16.0 Å². The van der Waals surface area contributed by atoms with Crippen LogP contribution in [0, 0.1) is 25.6 Å². The Morgan fingerprint density at radius 1 is 1.17 bits per heavy atom. The van der Waals surface area contributed by atoms with Crippen molar-refractivity contribution in [3.63, 3.8) is 0 Å².